The number of carbonyl (C=O) groups excluding carboxylic acids is 1. The van der Waals surface area contributed by atoms with E-state index in [-0.39, 0.29) is 16.7 Å². The van der Waals surface area contributed by atoms with Gasteiger partial charge in [-0.2, -0.15) is 0 Å². The van der Waals surface area contributed by atoms with Crippen LogP contribution in [0.4, 0.5) is 5.69 Å². The predicted octanol–water partition coefficient (Wildman–Crippen LogP) is 3.20. The lowest BCUT2D eigenvalue weighted by Crippen LogP contribution is -2.25. The molecule has 0 fully saturated rings. The molecule has 2 N–H and O–H groups in total. The standard InChI is InChI=1S/C17H21N3O2S/c1-5-14(23-17-18-12(4)9-15(21)20-17)16(22)19-13-8-10(2)6-7-11(13)3/h6-9,14H,5H2,1-4H3,(H,19,22)(H,18,20,21). The highest BCUT2D eigenvalue weighted by Gasteiger charge is 2.20. The van der Waals surface area contributed by atoms with Gasteiger partial charge in [0.15, 0.2) is 5.16 Å². The first-order chi connectivity index (χ1) is 10.9. The third-order valence-corrected chi connectivity index (χ3v) is 4.66. The smallest absolute Gasteiger partial charge is 0.251 e. The molecule has 2 aromatic rings. The third kappa shape index (κ3) is 4.69. The lowest BCUT2D eigenvalue weighted by atomic mass is 10.1. The lowest BCUT2D eigenvalue weighted by molar-refractivity contribution is -0.115. The number of aromatic amines is 1. The third-order valence-electron chi connectivity index (χ3n) is 3.42. The maximum atomic E-state index is 12.5. The van der Waals surface area contributed by atoms with E-state index < -0.39 is 0 Å². The minimum absolute atomic E-state index is 0.0876. The van der Waals surface area contributed by atoms with E-state index in [0.717, 1.165) is 16.8 Å². The summed E-state index contributed by atoms with van der Waals surface area (Å²) in [4.78, 5) is 31.0. The van der Waals surface area contributed by atoms with Crippen LogP contribution in [0.3, 0.4) is 0 Å². The second kappa shape index (κ2) is 7.46. The topological polar surface area (TPSA) is 74.8 Å². The molecular formula is C17H21N3O2S. The van der Waals surface area contributed by atoms with Crippen LogP contribution in [0.2, 0.25) is 0 Å². The Morgan fingerprint density at radius 1 is 1.30 bits per heavy atom. The van der Waals surface area contributed by atoms with Crippen LogP contribution in [0.5, 0.6) is 0 Å². The van der Waals surface area contributed by atoms with Crippen molar-refractivity contribution in [2.24, 2.45) is 0 Å². The molecule has 122 valence electrons. The molecule has 1 unspecified atom stereocenters. The monoisotopic (exact) mass is 331 g/mol. The summed E-state index contributed by atoms with van der Waals surface area (Å²) in [6.07, 6.45) is 0.638. The molecule has 1 aromatic carbocycles. The predicted molar refractivity (Wildman–Crippen MR) is 94.1 cm³/mol. The molecule has 0 bridgehead atoms. The van der Waals surface area contributed by atoms with Gasteiger partial charge in [0, 0.05) is 17.4 Å². The van der Waals surface area contributed by atoms with Crippen molar-refractivity contribution < 1.29 is 4.79 Å². The summed E-state index contributed by atoms with van der Waals surface area (Å²) < 4.78 is 0. The molecule has 5 nitrogen and oxygen atoms in total. The van der Waals surface area contributed by atoms with Gasteiger partial charge in [-0.3, -0.25) is 9.59 Å². The normalized spacial score (nSPS) is 12.0. The first-order valence-electron chi connectivity index (χ1n) is 7.51. The Labute approximate surface area is 139 Å². The molecule has 23 heavy (non-hydrogen) atoms. The van der Waals surface area contributed by atoms with E-state index in [1.807, 2.05) is 39.0 Å². The maximum Gasteiger partial charge on any atom is 0.251 e. The van der Waals surface area contributed by atoms with Crippen LogP contribution in [-0.2, 0) is 4.79 Å². The Balaban J connectivity index is 2.15. The summed E-state index contributed by atoms with van der Waals surface area (Å²) in [6.45, 7) is 7.65. The number of nitrogens with one attached hydrogen (secondary N) is 2. The van der Waals surface area contributed by atoms with E-state index >= 15 is 0 Å². The number of thioether (sulfide) groups is 1. The van der Waals surface area contributed by atoms with Crippen molar-refractivity contribution in [2.75, 3.05) is 5.32 Å². The number of H-pyrrole nitrogens is 1. The van der Waals surface area contributed by atoms with Crippen LogP contribution < -0.4 is 10.9 Å². The number of nitrogens with zero attached hydrogens (tertiary/aromatic N) is 1. The van der Waals surface area contributed by atoms with Crippen molar-refractivity contribution in [1.82, 2.24) is 9.97 Å². The molecule has 1 heterocycles. The zero-order chi connectivity index (χ0) is 17.0. The molecule has 0 saturated heterocycles. The molecule has 0 aliphatic rings. The fourth-order valence-electron chi connectivity index (χ4n) is 2.15. The molecule has 6 heteroatoms. The van der Waals surface area contributed by atoms with Gasteiger partial charge < -0.3 is 10.3 Å². The number of anilines is 1. The fourth-order valence-corrected chi connectivity index (χ4v) is 3.11. The number of hydrogen-bond donors (Lipinski definition) is 2. The SMILES string of the molecule is CCC(Sc1nc(C)cc(=O)[nH]1)C(=O)Nc1cc(C)ccc1C. The molecule has 1 amide bonds. The average molecular weight is 331 g/mol. The highest BCUT2D eigenvalue weighted by molar-refractivity contribution is 8.00. The number of aromatic nitrogens is 2. The number of rotatable bonds is 5. The van der Waals surface area contributed by atoms with Crippen molar-refractivity contribution in [1.29, 1.82) is 0 Å². The number of carbonyl (C=O) groups is 1. The quantitative estimate of drug-likeness (QED) is 0.652. The van der Waals surface area contributed by atoms with Crippen LogP contribution in [0.1, 0.15) is 30.2 Å². The van der Waals surface area contributed by atoms with Crippen molar-refractivity contribution >= 4 is 23.4 Å². The van der Waals surface area contributed by atoms with Crippen molar-refractivity contribution in [3.05, 3.63) is 51.4 Å². The van der Waals surface area contributed by atoms with Crippen molar-refractivity contribution in [3.63, 3.8) is 0 Å². The van der Waals surface area contributed by atoms with Crippen LogP contribution in [0.15, 0.2) is 34.2 Å². The highest BCUT2D eigenvalue weighted by Crippen LogP contribution is 2.24. The first-order valence-corrected chi connectivity index (χ1v) is 8.39. The number of hydrogen-bond acceptors (Lipinski definition) is 4. The van der Waals surface area contributed by atoms with Crippen LogP contribution in [0, 0.1) is 20.8 Å². The van der Waals surface area contributed by atoms with Crippen molar-refractivity contribution in [3.8, 4) is 0 Å². The number of benzene rings is 1. The second-order valence-electron chi connectivity index (χ2n) is 5.51. The summed E-state index contributed by atoms with van der Waals surface area (Å²) in [5, 5.41) is 3.12. The Kier molecular flexibility index (Phi) is 5.60. The average Bonchev–Trinajstić information content (AvgIpc) is 2.47. The second-order valence-corrected chi connectivity index (χ2v) is 6.71. The molecule has 2 rings (SSSR count). The fraction of sp³-hybridized carbons (Fsp3) is 0.353. The zero-order valence-corrected chi connectivity index (χ0v) is 14.6. The molecule has 1 atom stereocenters. The van der Waals surface area contributed by atoms with E-state index in [2.05, 4.69) is 15.3 Å². The van der Waals surface area contributed by atoms with Gasteiger partial charge >= 0.3 is 0 Å². The van der Waals surface area contributed by atoms with E-state index in [1.165, 1.54) is 17.8 Å². The molecule has 1 aromatic heterocycles. The van der Waals surface area contributed by atoms with E-state index in [9.17, 15) is 9.59 Å². The number of aryl methyl sites for hydroxylation is 3. The van der Waals surface area contributed by atoms with E-state index in [1.54, 1.807) is 6.92 Å². The highest BCUT2D eigenvalue weighted by atomic mass is 32.2. The lowest BCUT2D eigenvalue weighted by Gasteiger charge is -2.15. The van der Waals surface area contributed by atoms with Gasteiger partial charge in [0.2, 0.25) is 5.91 Å². The molecule has 0 saturated carbocycles. The zero-order valence-electron chi connectivity index (χ0n) is 13.8. The van der Waals surface area contributed by atoms with Gasteiger partial charge in [-0.05, 0) is 44.4 Å². The van der Waals surface area contributed by atoms with E-state index in [0.29, 0.717) is 17.3 Å². The largest absolute Gasteiger partial charge is 0.325 e. The Bertz CT molecular complexity index is 771. The van der Waals surface area contributed by atoms with Gasteiger partial charge in [0.25, 0.3) is 5.56 Å². The Hall–Kier alpha value is -2.08. The summed E-state index contributed by atoms with van der Waals surface area (Å²) in [5.41, 5.74) is 3.37. The van der Waals surface area contributed by atoms with Gasteiger partial charge in [0.1, 0.15) is 0 Å². The molecule has 0 radical (unpaired) electrons. The number of amides is 1. The molecule has 0 aliphatic heterocycles. The van der Waals surface area contributed by atoms with Gasteiger partial charge in [0.05, 0.1) is 5.25 Å². The molecular weight excluding hydrogens is 310 g/mol. The summed E-state index contributed by atoms with van der Waals surface area (Å²) in [5.74, 6) is -0.0876. The molecule has 0 aliphatic carbocycles. The van der Waals surface area contributed by atoms with Crippen LogP contribution in [0.25, 0.3) is 0 Å². The Morgan fingerprint density at radius 3 is 2.70 bits per heavy atom. The van der Waals surface area contributed by atoms with Gasteiger partial charge in [-0.15, -0.1) is 0 Å². The van der Waals surface area contributed by atoms with E-state index in [4.69, 9.17) is 0 Å². The summed E-state index contributed by atoms with van der Waals surface area (Å²) >= 11 is 1.28. The Morgan fingerprint density at radius 2 is 2.04 bits per heavy atom. The summed E-state index contributed by atoms with van der Waals surface area (Å²) in [7, 11) is 0. The van der Waals surface area contributed by atoms with Gasteiger partial charge in [-0.25, -0.2) is 4.98 Å². The first kappa shape index (κ1) is 17.3. The van der Waals surface area contributed by atoms with Gasteiger partial charge in [-0.1, -0.05) is 30.8 Å². The van der Waals surface area contributed by atoms with Crippen LogP contribution in [-0.4, -0.2) is 21.1 Å². The molecule has 0 spiro atoms. The van der Waals surface area contributed by atoms with Crippen molar-refractivity contribution in [2.45, 2.75) is 44.5 Å². The minimum atomic E-state index is -0.320. The maximum absolute atomic E-state index is 12.5. The summed E-state index contributed by atoms with van der Waals surface area (Å²) in [6, 6.07) is 7.38. The minimum Gasteiger partial charge on any atom is -0.325 e. The van der Waals surface area contributed by atoms with Crippen LogP contribution >= 0.6 is 11.8 Å².